The van der Waals surface area contributed by atoms with Gasteiger partial charge in [-0.2, -0.15) is 0 Å². The first-order valence-electron chi connectivity index (χ1n) is 7.65. The predicted octanol–water partition coefficient (Wildman–Crippen LogP) is 4.72. The van der Waals surface area contributed by atoms with E-state index in [2.05, 4.69) is 15.9 Å². The highest BCUT2D eigenvalue weighted by molar-refractivity contribution is 9.10. The molecule has 124 valence electrons. The predicted molar refractivity (Wildman–Crippen MR) is 93.1 cm³/mol. The van der Waals surface area contributed by atoms with Gasteiger partial charge in [-0.3, -0.25) is 14.9 Å². The molecule has 0 saturated heterocycles. The van der Waals surface area contributed by atoms with Crippen LogP contribution in [0.25, 0.3) is 0 Å². The Hall–Kier alpha value is -2.21. The fourth-order valence-electron chi connectivity index (χ4n) is 3.80. The molecule has 2 aromatic carbocycles. The number of hydrogen-bond acceptors (Lipinski definition) is 3. The summed E-state index contributed by atoms with van der Waals surface area (Å²) in [5, 5.41) is 20.8. The molecule has 5 nitrogen and oxygen atoms in total. The minimum absolute atomic E-state index is 0.0203. The number of benzene rings is 2. The maximum atomic E-state index is 12.0. The van der Waals surface area contributed by atoms with E-state index >= 15 is 0 Å². The lowest BCUT2D eigenvalue weighted by Crippen LogP contribution is -2.17. The third kappa shape index (κ3) is 2.41. The zero-order valence-electron chi connectivity index (χ0n) is 13.0. The van der Waals surface area contributed by atoms with Crippen molar-refractivity contribution in [2.24, 2.45) is 5.41 Å². The molecule has 1 aliphatic rings. The van der Waals surface area contributed by atoms with Gasteiger partial charge in [-0.05, 0) is 39.5 Å². The lowest BCUT2D eigenvalue weighted by atomic mass is 9.94. The first-order chi connectivity index (χ1) is 11.4. The topological polar surface area (TPSA) is 80.4 Å². The Morgan fingerprint density at radius 2 is 1.83 bits per heavy atom. The largest absolute Gasteiger partial charge is 0.481 e. The van der Waals surface area contributed by atoms with E-state index in [1.807, 2.05) is 37.3 Å². The number of nitrogens with zero attached hydrogens (tertiary/aromatic N) is 1. The number of carboxylic acids is 1. The molecule has 0 heterocycles. The number of nitro benzene ring substituents is 1. The lowest BCUT2D eigenvalue weighted by molar-refractivity contribution is -0.385. The normalized spacial score (nSPS) is 25.2. The van der Waals surface area contributed by atoms with Crippen molar-refractivity contribution in [3.05, 3.63) is 74.2 Å². The highest BCUT2D eigenvalue weighted by atomic mass is 79.9. The molecular formula is C18H16BrNO4. The van der Waals surface area contributed by atoms with Gasteiger partial charge in [0, 0.05) is 17.9 Å². The van der Waals surface area contributed by atoms with Crippen LogP contribution in [0, 0.1) is 15.5 Å². The summed E-state index contributed by atoms with van der Waals surface area (Å²) in [6.45, 7) is 1.88. The highest BCUT2D eigenvalue weighted by Gasteiger charge is 2.69. The van der Waals surface area contributed by atoms with Crippen LogP contribution in [-0.2, 0) is 4.79 Å². The van der Waals surface area contributed by atoms with Crippen molar-refractivity contribution < 1.29 is 14.8 Å². The minimum atomic E-state index is -0.864. The van der Waals surface area contributed by atoms with E-state index in [1.165, 1.54) is 6.07 Å². The summed E-state index contributed by atoms with van der Waals surface area (Å²) in [4.78, 5) is 22.5. The average molecular weight is 390 g/mol. The number of hydrogen-bond donors (Lipinski definition) is 1. The quantitative estimate of drug-likeness (QED) is 0.592. The van der Waals surface area contributed by atoms with Crippen LogP contribution in [0.15, 0.2) is 53.0 Å². The number of halogens is 1. The second kappa shape index (κ2) is 6.02. The lowest BCUT2D eigenvalue weighted by Gasteiger charge is -2.10. The third-order valence-electron chi connectivity index (χ3n) is 5.00. The monoisotopic (exact) mass is 389 g/mol. The Morgan fingerprint density at radius 3 is 2.33 bits per heavy atom. The van der Waals surface area contributed by atoms with Gasteiger partial charge in [-0.15, -0.1) is 0 Å². The van der Waals surface area contributed by atoms with E-state index in [-0.39, 0.29) is 17.5 Å². The summed E-state index contributed by atoms with van der Waals surface area (Å²) in [7, 11) is 0. The molecule has 6 heteroatoms. The summed E-state index contributed by atoms with van der Waals surface area (Å²) in [6, 6.07) is 14.4. The van der Waals surface area contributed by atoms with E-state index in [0.29, 0.717) is 10.9 Å². The molecular weight excluding hydrogens is 374 g/mol. The number of aliphatic carboxylic acids is 1. The van der Waals surface area contributed by atoms with Crippen LogP contribution >= 0.6 is 15.9 Å². The molecule has 0 bridgehead atoms. The smallest absolute Gasteiger partial charge is 0.310 e. The SMILES string of the molecule is CCC1(C(=O)O)C(c2ccccc2)C1c1ccc([N+](=O)[O-])c(Br)c1. The molecule has 0 amide bonds. The summed E-state index contributed by atoms with van der Waals surface area (Å²) in [5.74, 6) is -1.15. The standard InChI is InChI=1S/C18H16BrNO4/c1-2-18(17(21)22)15(11-6-4-3-5-7-11)16(18)12-8-9-14(20(23)24)13(19)10-12/h3-10,15-16H,2H2,1H3,(H,21,22). The van der Waals surface area contributed by atoms with Gasteiger partial charge in [0.05, 0.1) is 14.8 Å². The van der Waals surface area contributed by atoms with Crippen LogP contribution in [0.3, 0.4) is 0 Å². The molecule has 3 unspecified atom stereocenters. The Morgan fingerprint density at radius 1 is 1.21 bits per heavy atom. The summed E-state index contributed by atoms with van der Waals surface area (Å²) >= 11 is 3.23. The fraction of sp³-hybridized carbons (Fsp3) is 0.278. The Kier molecular flexibility index (Phi) is 4.17. The first-order valence-corrected chi connectivity index (χ1v) is 8.45. The fourth-order valence-corrected chi connectivity index (χ4v) is 4.34. The molecule has 0 radical (unpaired) electrons. The van der Waals surface area contributed by atoms with Gasteiger partial charge in [0.25, 0.3) is 5.69 Å². The molecule has 24 heavy (non-hydrogen) atoms. The molecule has 1 fully saturated rings. The van der Waals surface area contributed by atoms with E-state index in [9.17, 15) is 20.0 Å². The minimum Gasteiger partial charge on any atom is -0.481 e. The summed E-state index contributed by atoms with van der Waals surface area (Å²) < 4.78 is 0.374. The maximum absolute atomic E-state index is 12.0. The van der Waals surface area contributed by atoms with Crippen LogP contribution in [0.4, 0.5) is 5.69 Å². The van der Waals surface area contributed by atoms with E-state index in [4.69, 9.17) is 0 Å². The van der Waals surface area contributed by atoms with Crippen molar-refractivity contribution in [2.45, 2.75) is 25.2 Å². The van der Waals surface area contributed by atoms with Gasteiger partial charge in [-0.1, -0.05) is 43.3 Å². The Bertz CT molecular complexity index is 808. The van der Waals surface area contributed by atoms with Crippen molar-refractivity contribution in [3.8, 4) is 0 Å². The average Bonchev–Trinajstić information content (AvgIpc) is 3.25. The van der Waals surface area contributed by atoms with Gasteiger partial charge in [0.1, 0.15) is 0 Å². The second-order valence-corrected chi connectivity index (χ2v) is 6.89. The zero-order chi connectivity index (χ0) is 17.5. The van der Waals surface area contributed by atoms with Crippen molar-refractivity contribution in [1.82, 2.24) is 0 Å². The van der Waals surface area contributed by atoms with Gasteiger partial charge >= 0.3 is 5.97 Å². The van der Waals surface area contributed by atoms with Gasteiger partial charge < -0.3 is 5.11 Å². The van der Waals surface area contributed by atoms with Gasteiger partial charge in [0.2, 0.25) is 0 Å². The van der Waals surface area contributed by atoms with Crippen LogP contribution in [-0.4, -0.2) is 16.0 Å². The van der Waals surface area contributed by atoms with Crippen molar-refractivity contribution >= 4 is 27.6 Å². The van der Waals surface area contributed by atoms with E-state index < -0.39 is 16.3 Å². The third-order valence-corrected chi connectivity index (χ3v) is 5.64. The number of carbonyl (C=O) groups is 1. The van der Waals surface area contributed by atoms with Crippen molar-refractivity contribution in [3.63, 3.8) is 0 Å². The molecule has 0 aliphatic heterocycles. The van der Waals surface area contributed by atoms with Crippen molar-refractivity contribution in [1.29, 1.82) is 0 Å². The molecule has 1 aliphatic carbocycles. The van der Waals surface area contributed by atoms with Crippen LogP contribution in [0.5, 0.6) is 0 Å². The summed E-state index contributed by atoms with van der Waals surface area (Å²) in [6.07, 6.45) is 0.501. The van der Waals surface area contributed by atoms with Crippen LogP contribution in [0.2, 0.25) is 0 Å². The van der Waals surface area contributed by atoms with Crippen molar-refractivity contribution in [2.75, 3.05) is 0 Å². The molecule has 0 aromatic heterocycles. The Balaban J connectivity index is 2.07. The number of nitro groups is 1. The molecule has 2 aromatic rings. The summed E-state index contributed by atoms with van der Waals surface area (Å²) in [5.41, 5.74) is 0.914. The molecule has 0 spiro atoms. The molecule has 1 N–H and O–H groups in total. The number of rotatable bonds is 5. The van der Waals surface area contributed by atoms with E-state index in [0.717, 1.165) is 11.1 Å². The Labute approximate surface area is 147 Å². The molecule has 3 atom stereocenters. The second-order valence-electron chi connectivity index (χ2n) is 6.03. The number of carboxylic acid groups (broad SMARTS) is 1. The maximum Gasteiger partial charge on any atom is 0.310 e. The zero-order valence-corrected chi connectivity index (χ0v) is 14.6. The van der Waals surface area contributed by atoms with E-state index in [1.54, 1.807) is 12.1 Å². The highest BCUT2D eigenvalue weighted by Crippen LogP contribution is 2.72. The van der Waals surface area contributed by atoms with Gasteiger partial charge in [-0.25, -0.2) is 0 Å². The van der Waals surface area contributed by atoms with Crippen LogP contribution in [0.1, 0.15) is 36.3 Å². The molecule has 3 rings (SSSR count). The van der Waals surface area contributed by atoms with Crippen LogP contribution < -0.4 is 0 Å². The molecule has 1 saturated carbocycles. The first kappa shape index (κ1) is 16.6. The van der Waals surface area contributed by atoms with Gasteiger partial charge in [0.15, 0.2) is 0 Å².